The molecule has 0 bridgehead atoms. The largest absolute Gasteiger partial charge is 0.353 e. The van der Waals surface area contributed by atoms with E-state index in [0.717, 1.165) is 6.42 Å². The normalized spacial score (nSPS) is 10.4. The van der Waals surface area contributed by atoms with Crippen LogP contribution in [0.15, 0.2) is 67.0 Å². The molecule has 6 heteroatoms. The second-order valence-corrected chi connectivity index (χ2v) is 6.47. The van der Waals surface area contributed by atoms with E-state index in [4.69, 9.17) is 23.2 Å². The Morgan fingerprint density at radius 1 is 1.00 bits per heavy atom. The third-order valence-electron chi connectivity index (χ3n) is 3.77. The van der Waals surface area contributed by atoms with E-state index in [1.807, 2.05) is 30.3 Å². The van der Waals surface area contributed by atoms with Crippen LogP contribution >= 0.6 is 23.2 Å². The number of rotatable bonds is 6. The van der Waals surface area contributed by atoms with Crippen molar-refractivity contribution in [3.63, 3.8) is 0 Å². The van der Waals surface area contributed by atoms with Crippen molar-refractivity contribution in [2.24, 2.45) is 0 Å². The van der Waals surface area contributed by atoms with Crippen LogP contribution in [0, 0.1) is 0 Å². The second-order valence-electron chi connectivity index (χ2n) is 5.68. The van der Waals surface area contributed by atoms with Gasteiger partial charge in [-0.25, -0.2) is 0 Å². The maximum Gasteiger partial charge on any atom is 0.252 e. The van der Waals surface area contributed by atoms with Crippen LogP contribution in [0.4, 0.5) is 11.4 Å². The molecule has 0 aliphatic rings. The number of pyridine rings is 1. The molecule has 2 aromatic carbocycles. The maximum absolute atomic E-state index is 12.3. The highest BCUT2D eigenvalue weighted by atomic mass is 35.5. The number of carbonyl (C=O) groups excluding carboxylic acids is 1. The molecular weight excluding hydrogens is 369 g/mol. The van der Waals surface area contributed by atoms with Crippen molar-refractivity contribution >= 4 is 40.5 Å². The van der Waals surface area contributed by atoms with Gasteiger partial charge in [0.1, 0.15) is 0 Å². The summed E-state index contributed by atoms with van der Waals surface area (Å²) < 4.78 is 0. The second kappa shape index (κ2) is 8.70. The minimum absolute atomic E-state index is 0.172. The number of hydrogen-bond acceptors (Lipinski definition) is 3. The molecule has 0 saturated carbocycles. The van der Waals surface area contributed by atoms with E-state index in [1.54, 1.807) is 30.5 Å². The van der Waals surface area contributed by atoms with Gasteiger partial charge in [-0.15, -0.1) is 0 Å². The lowest BCUT2D eigenvalue weighted by Gasteiger charge is -2.10. The van der Waals surface area contributed by atoms with Gasteiger partial charge in [0.15, 0.2) is 0 Å². The van der Waals surface area contributed by atoms with E-state index in [0.29, 0.717) is 33.5 Å². The van der Waals surface area contributed by atoms with Crippen LogP contribution in [0.2, 0.25) is 10.0 Å². The van der Waals surface area contributed by atoms with Gasteiger partial charge in [0.2, 0.25) is 0 Å². The van der Waals surface area contributed by atoms with Crippen LogP contribution in [0.25, 0.3) is 0 Å². The van der Waals surface area contributed by atoms with Gasteiger partial charge in [-0.05, 0) is 30.2 Å². The third kappa shape index (κ3) is 4.75. The predicted octanol–water partition coefficient (Wildman–Crippen LogP) is 5.10. The number of benzene rings is 2. The molecule has 1 aromatic heterocycles. The Bertz CT molecular complexity index is 901. The molecule has 2 N–H and O–H groups in total. The summed E-state index contributed by atoms with van der Waals surface area (Å²) in [5.74, 6) is -0.172. The first-order valence-corrected chi connectivity index (χ1v) is 8.87. The zero-order valence-electron chi connectivity index (χ0n) is 13.9. The van der Waals surface area contributed by atoms with E-state index < -0.39 is 0 Å². The Hall–Kier alpha value is -2.56. The number of halogens is 2. The Morgan fingerprint density at radius 3 is 2.62 bits per heavy atom. The Labute approximate surface area is 162 Å². The van der Waals surface area contributed by atoms with Crippen molar-refractivity contribution in [2.75, 3.05) is 11.9 Å². The summed E-state index contributed by atoms with van der Waals surface area (Å²) in [6.45, 7) is 0.556. The van der Waals surface area contributed by atoms with E-state index >= 15 is 0 Å². The molecule has 4 nitrogen and oxygen atoms in total. The van der Waals surface area contributed by atoms with E-state index in [1.165, 1.54) is 11.8 Å². The van der Waals surface area contributed by atoms with Gasteiger partial charge in [0.25, 0.3) is 5.91 Å². The minimum atomic E-state index is -0.172. The van der Waals surface area contributed by atoms with Crippen molar-refractivity contribution in [3.05, 3.63) is 88.2 Å². The van der Waals surface area contributed by atoms with E-state index in [2.05, 4.69) is 15.6 Å². The number of hydrogen-bond donors (Lipinski definition) is 2. The highest BCUT2D eigenvalue weighted by molar-refractivity contribution is 6.43. The molecule has 0 atom stereocenters. The molecule has 0 radical (unpaired) electrons. The maximum atomic E-state index is 12.3. The van der Waals surface area contributed by atoms with Gasteiger partial charge in [-0.2, -0.15) is 0 Å². The zero-order chi connectivity index (χ0) is 18.4. The molecule has 0 spiro atoms. The quantitative estimate of drug-likeness (QED) is 0.620. The van der Waals surface area contributed by atoms with Gasteiger partial charge in [0.05, 0.1) is 33.2 Å². The molecule has 3 aromatic rings. The molecule has 132 valence electrons. The van der Waals surface area contributed by atoms with Crippen LogP contribution in [-0.4, -0.2) is 17.4 Å². The lowest BCUT2D eigenvalue weighted by molar-refractivity contribution is 0.0954. The van der Waals surface area contributed by atoms with Crippen LogP contribution in [-0.2, 0) is 6.42 Å². The lowest BCUT2D eigenvalue weighted by Crippen LogP contribution is -2.25. The summed E-state index contributed by atoms with van der Waals surface area (Å²) in [6, 6.07) is 17.0. The highest BCUT2D eigenvalue weighted by Gasteiger charge is 2.09. The van der Waals surface area contributed by atoms with Crippen LogP contribution in [0.3, 0.4) is 0 Å². The van der Waals surface area contributed by atoms with E-state index in [-0.39, 0.29) is 5.91 Å². The van der Waals surface area contributed by atoms with E-state index in [9.17, 15) is 4.79 Å². The molecule has 0 fully saturated rings. The summed E-state index contributed by atoms with van der Waals surface area (Å²) in [5, 5.41) is 6.92. The number of amides is 1. The number of aromatic nitrogens is 1. The van der Waals surface area contributed by atoms with Gasteiger partial charge in [-0.3, -0.25) is 9.78 Å². The standard InChI is InChI=1S/C20H17Cl2N3O/c21-17-7-4-8-18(19(17)22)25-16-11-15(12-23-13-16)20(26)24-10-9-14-5-2-1-3-6-14/h1-8,11-13,25H,9-10H2,(H,24,26). The molecule has 0 unspecified atom stereocenters. The molecule has 0 aliphatic heterocycles. The fourth-order valence-corrected chi connectivity index (χ4v) is 2.80. The number of carbonyl (C=O) groups is 1. The molecule has 26 heavy (non-hydrogen) atoms. The van der Waals surface area contributed by atoms with Gasteiger partial charge in [0, 0.05) is 12.7 Å². The predicted molar refractivity (Wildman–Crippen MR) is 106 cm³/mol. The van der Waals surface area contributed by atoms with Crippen molar-refractivity contribution in [1.82, 2.24) is 10.3 Å². The number of nitrogens with one attached hydrogen (secondary N) is 2. The fourth-order valence-electron chi connectivity index (χ4n) is 2.46. The summed E-state index contributed by atoms with van der Waals surface area (Å²) >= 11 is 12.2. The molecular formula is C20H17Cl2N3O. The average Bonchev–Trinajstić information content (AvgIpc) is 2.66. The first-order chi connectivity index (χ1) is 12.6. The molecule has 0 saturated heterocycles. The monoisotopic (exact) mass is 385 g/mol. The van der Waals surface area contributed by atoms with Gasteiger partial charge in [-0.1, -0.05) is 59.6 Å². The Morgan fingerprint density at radius 2 is 1.81 bits per heavy atom. The van der Waals surface area contributed by atoms with Gasteiger partial charge < -0.3 is 10.6 Å². The van der Waals surface area contributed by atoms with Crippen molar-refractivity contribution < 1.29 is 4.79 Å². The Balaban J connectivity index is 1.63. The smallest absolute Gasteiger partial charge is 0.252 e. The third-order valence-corrected chi connectivity index (χ3v) is 4.59. The van der Waals surface area contributed by atoms with Crippen molar-refractivity contribution in [3.8, 4) is 0 Å². The minimum Gasteiger partial charge on any atom is -0.353 e. The summed E-state index contributed by atoms with van der Waals surface area (Å²) in [7, 11) is 0. The van der Waals surface area contributed by atoms with Crippen molar-refractivity contribution in [1.29, 1.82) is 0 Å². The van der Waals surface area contributed by atoms with Crippen LogP contribution in [0.5, 0.6) is 0 Å². The molecule has 1 amide bonds. The molecule has 3 rings (SSSR count). The first kappa shape index (κ1) is 18.2. The topological polar surface area (TPSA) is 54.0 Å². The highest BCUT2D eigenvalue weighted by Crippen LogP contribution is 2.31. The molecule has 1 heterocycles. The summed E-state index contributed by atoms with van der Waals surface area (Å²) in [5.41, 5.74) is 2.96. The fraction of sp³-hybridized carbons (Fsp3) is 0.100. The van der Waals surface area contributed by atoms with Crippen LogP contribution < -0.4 is 10.6 Å². The first-order valence-electron chi connectivity index (χ1n) is 8.11. The van der Waals surface area contributed by atoms with Crippen molar-refractivity contribution in [2.45, 2.75) is 6.42 Å². The number of anilines is 2. The summed E-state index contributed by atoms with van der Waals surface area (Å²) in [6.07, 6.45) is 3.93. The molecule has 0 aliphatic carbocycles. The Kier molecular flexibility index (Phi) is 6.10. The van der Waals surface area contributed by atoms with Gasteiger partial charge >= 0.3 is 0 Å². The van der Waals surface area contributed by atoms with Crippen LogP contribution in [0.1, 0.15) is 15.9 Å². The average molecular weight is 386 g/mol. The summed E-state index contributed by atoms with van der Waals surface area (Å²) in [4.78, 5) is 16.5. The number of nitrogens with zero attached hydrogens (tertiary/aromatic N) is 1. The zero-order valence-corrected chi connectivity index (χ0v) is 15.4. The lowest BCUT2D eigenvalue weighted by atomic mass is 10.1. The SMILES string of the molecule is O=C(NCCc1ccccc1)c1cncc(Nc2cccc(Cl)c2Cl)c1.